The number of fused-ring (bicyclic) bond motifs is 5. The summed E-state index contributed by atoms with van der Waals surface area (Å²) in [6.45, 7) is 7.38. The second-order valence-electron chi connectivity index (χ2n) is 13.2. The van der Waals surface area contributed by atoms with Gasteiger partial charge in [0.15, 0.2) is 0 Å². The van der Waals surface area contributed by atoms with E-state index >= 15 is 0 Å². The van der Waals surface area contributed by atoms with Crippen LogP contribution < -0.4 is 5.73 Å². The number of carbonyl (C=O) groups is 1. The predicted octanol–water partition coefficient (Wildman–Crippen LogP) is 3.40. The molecule has 11 atom stereocenters. The van der Waals surface area contributed by atoms with Crippen molar-refractivity contribution in [2.45, 2.75) is 103 Å². The maximum atomic E-state index is 13.0. The maximum Gasteiger partial charge on any atom is 0.232 e. The molecule has 36 heavy (non-hydrogen) atoms. The number of imidazole rings is 1. The van der Waals surface area contributed by atoms with Crippen LogP contribution >= 0.6 is 0 Å². The van der Waals surface area contributed by atoms with Gasteiger partial charge in [0.2, 0.25) is 5.91 Å². The molecule has 7 nitrogen and oxygen atoms in total. The lowest BCUT2D eigenvalue weighted by Gasteiger charge is -2.63. The molecule has 4 aliphatic carbocycles. The Kier molecular flexibility index (Phi) is 7.16. The lowest BCUT2D eigenvalue weighted by Crippen LogP contribution is -2.62. The van der Waals surface area contributed by atoms with E-state index in [1.165, 1.54) is 0 Å². The molecule has 0 amide bonds. The van der Waals surface area contributed by atoms with Gasteiger partial charge in [-0.15, -0.1) is 0 Å². The number of hydrogen-bond donors (Lipinski definition) is 4. The van der Waals surface area contributed by atoms with Crippen LogP contribution in [-0.4, -0.2) is 55.6 Å². The topological polar surface area (TPSA) is 122 Å². The molecule has 1 aromatic heterocycles. The summed E-state index contributed by atoms with van der Waals surface area (Å²) in [5.74, 6) is 1.88. The molecule has 5 rings (SSSR count). The molecule has 0 aliphatic heterocycles. The fraction of sp³-hybridized carbons (Fsp3) is 0.862. The molecule has 4 saturated carbocycles. The van der Waals surface area contributed by atoms with Gasteiger partial charge in [-0.1, -0.05) is 20.8 Å². The van der Waals surface area contributed by atoms with Gasteiger partial charge in [0.05, 0.1) is 18.3 Å². The summed E-state index contributed by atoms with van der Waals surface area (Å²) in [6.07, 6.45) is 10.4. The first kappa shape index (κ1) is 26.3. The second-order valence-corrected chi connectivity index (χ2v) is 13.2. The number of carbonyl (C=O) groups excluding carboxylic acids is 1. The Morgan fingerprint density at radius 1 is 1.17 bits per heavy atom. The summed E-state index contributed by atoms with van der Waals surface area (Å²) in [5, 5.41) is 33.5. The van der Waals surface area contributed by atoms with Crippen molar-refractivity contribution in [3.05, 3.63) is 18.2 Å². The average molecular weight is 502 g/mol. The highest BCUT2D eigenvalue weighted by molar-refractivity contribution is 5.79. The Morgan fingerprint density at radius 2 is 1.94 bits per heavy atom. The summed E-state index contributed by atoms with van der Waals surface area (Å²) in [5.41, 5.74) is 6.41. The minimum atomic E-state index is -0.395. The Hall–Kier alpha value is -1.28. The van der Waals surface area contributed by atoms with E-state index < -0.39 is 6.10 Å². The fourth-order valence-electron chi connectivity index (χ4n) is 9.68. The third-order valence-corrected chi connectivity index (χ3v) is 11.7. The summed E-state index contributed by atoms with van der Waals surface area (Å²) in [6, 6.07) is 0. The highest BCUT2D eigenvalue weighted by Crippen LogP contribution is 2.68. The lowest BCUT2D eigenvalue weighted by atomic mass is 9.43. The van der Waals surface area contributed by atoms with E-state index in [4.69, 9.17) is 5.73 Å². The highest BCUT2D eigenvalue weighted by atomic mass is 16.3. The van der Waals surface area contributed by atoms with Crippen molar-refractivity contribution in [3.63, 3.8) is 0 Å². The standard InChI is InChI=1S/C29H47N3O4/c1-17(4-7-26(36)32-16-31-15-19(32)9-11-30)21-5-6-22-27-23(14-25(35)29(21,22)3)28(2)10-8-20(33)12-18(28)13-24(27)34/h15-18,20-25,27,33-35H,4-14,30H2,1-3H3. The number of aliphatic hydroxyl groups is 3. The van der Waals surface area contributed by atoms with Crippen LogP contribution in [0.25, 0.3) is 0 Å². The van der Waals surface area contributed by atoms with E-state index in [-0.39, 0.29) is 34.9 Å². The predicted molar refractivity (Wildman–Crippen MR) is 138 cm³/mol. The van der Waals surface area contributed by atoms with Crippen molar-refractivity contribution in [2.24, 2.45) is 52.1 Å². The zero-order chi connectivity index (χ0) is 25.8. The van der Waals surface area contributed by atoms with E-state index in [1.807, 2.05) is 0 Å². The number of aromatic nitrogens is 2. The second kappa shape index (κ2) is 9.79. The Labute approximate surface area is 215 Å². The summed E-state index contributed by atoms with van der Waals surface area (Å²) in [7, 11) is 0. The molecule has 5 N–H and O–H groups in total. The third-order valence-electron chi connectivity index (χ3n) is 11.7. The number of hydrogen-bond acceptors (Lipinski definition) is 6. The third kappa shape index (κ3) is 4.09. The van der Waals surface area contributed by atoms with Crippen molar-refractivity contribution in [1.82, 2.24) is 9.55 Å². The molecule has 0 aromatic carbocycles. The zero-order valence-corrected chi connectivity index (χ0v) is 22.4. The average Bonchev–Trinajstić information content (AvgIpc) is 3.44. The minimum absolute atomic E-state index is 0.0629. The smallest absolute Gasteiger partial charge is 0.232 e. The van der Waals surface area contributed by atoms with Gasteiger partial charge in [-0.3, -0.25) is 9.36 Å². The molecular formula is C29H47N3O4. The van der Waals surface area contributed by atoms with E-state index in [0.717, 1.165) is 57.1 Å². The minimum Gasteiger partial charge on any atom is -0.393 e. The van der Waals surface area contributed by atoms with Crippen LogP contribution in [0, 0.1) is 46.3 Å². The van der Waals surface area contributed by atoms with Crippen molar-refractivity contribution >= 4 is 5.91 Å². The molecule has 202 valence electrons. The van der Waals surface area contributed by atoms with Crippen LogP contribution in [0.3, 0.4) is 0 Å². The molecule has 4 fully saturated rings. The van der Waals surface area contributed by atoms with Crippen LogP contribution in [0.2, 0.25) is 0 Å². The van der Waals surface area contributed by atoms with Crippen molar-refractivity contribution in [3.8, 4) is 0 Å². The molecule has 1 aromatic rings. The molecule has 0 radical (unpaired) electrons. The van der Waals surface area contributed by atoms with Gasteiger partial charge in [0, 0.05) is 24.7 Å². The van der Waals surface area contributed by atoms with Gasteiger partial charge in [-0.25, -0.2) is 4.98 Å². The van der Waals surface area contributed by atoms with Crippen LogP contribution in [0.1, 0.15) is 89.0 Å². The van der Waals surface area contributed by atoms with E-state index in [0.29, 0.717) is 49.0 Å². The molecule has 7 heteroatoms. The first-order valence-electron chi connectivity index (χ1n) is 14.4. The first-order valence-corrected chi connectivity index (χ1v) is 14.4. The number of aliphatic hydroxyl groups excluding tert-OH is 3. The Balaban J connectivity index is 1.31. The van der Waals surface area contributed by atoms with Gasteiger partial charge in [0.25, 0.3) is 0 Å². The lowest BCUT2D eigenvalue weighted by molar-refractivity contribution is -0.207. The zero-order valence-electron chi connectivity index (χ0n) is 22.4. The first-order chi connectivity index (χ1) is 17.1. The number of rotatable bonds is 6. The fourth-order valence-corrected chi connectivity index (χ4v) is 9.68. The Bertz CT molecular complexity index is 951. The van der Waals surface area contributed by atoms with E-state index in [2.05, 4.69) is 25.8 Å². The van der Waals surface area contributed by atoms with Gasteiger partial charge in [-0.05, 0) is 104 Å². The summed E-state index contributed by atoms with van der Waals surface area (Å²) >= 11 is 0. The molecule has 4 aliphatic rings. The van der Waals surface area contributed by atoms with Crippen LogP contribution in [0.15, 0.2) is 12.5 Å². The number of nitrogens with two attached hydrogens (primary N) is 1. The highest BCUT2D eigenvalue weighted by Gasteiger charge is 2.65. The molecule has 0 bridgehead atoms. The summed E-state index contributed by atoms with van der Waals surface area (Å²) < 4.78 is 1.65. The van der Waals surface area contributed by atoms with Crippen LogP contribution in [0.4, 0.5) is 0 Å². The monoisotopic (exact) mass is 501 g/mol. The molecular weight excluding hydrogens is 454 g/mol. The van der Waals surface area contributed by atoms with Gasteiger partial charge in [0.1, 0.15) is 6.33 Å². The van der Waals surface area contributed by atoms with Crippen molar-refractivity contribution in [2.75, 3.05) is 6.54 Å². The molecule has 1 heterocycles. The van der Waals surface area contributed by atoms with Crippen molar-refractivity contribution < 1.29 is 20.1 Å². The van der Waals surface area contributed by atoms with E-state index in [9.17, 15) is 20.1 Å². The quantitative estimate of drug-likeness (QED) is 0.474. The molecule has 0 spiro atoms. The van der Waals surface area contributed by atoms with Gasteiger partial charge >= 0.3 is 0 Å². The normalized spacial score (nSPS) is 45.0. The SMILES string of the molecule is CC(CCC(=O)n1cncc1CCN)C1CCC2C3C(O)CC4CC(O)CCC4(C)C3CC(O)C12C. The largest absolute Gasteiger partial charge is 0.393 e. The Morgan fingerprint density at radius 3 is 2.69 bits per heavy atom. The molecule has 0 saturated heterocycles. The van der Waals surface area contributed by atoms with E-state index in [1.54, 1.807) is 17.1 Å². The van der Waals surface area contributed by atoms with Crippen LogP contribution in [0.5, 0.6) is 0 Å². The molecule has 11 unspecified atom stereocenters. The van der Waals surface area contributed by atoms with Crippen molar-refractivity contribution in [1.29, 1.82) is 0 Å². The van der Waals surface area contributed by atoms with Gasteiger partial charge < -0.3 is 21.1 Å². The number of nitrogens with zero attached hydrogens (tertiary/aromatic N) is 2. The van der Waals surface area contributed by atoms with Crippen LogP contribution in [-0.2, 0) is 6.42 Å². The van der Waals surface area contributed by atoms with Gasteiger partial charge in [-0.2, -0.15) is 0 Å². The summed E-state index contributed by atoms with van der Waals surface area (Å²) in [4.78, 5) is 17.1. The maximum absolute atomic E-state index is 13.0.